The van der Waals surface area contributed by atoms with Gasteiger partial charge in [-0.1, -0.05) is 6.92 Å². The van der Waals surface area contributed by atoms with Crippen molar-refractivity contribution in [3.63, 3.8) is 0 Å². The molecule has 4 nitrogen and oxygen atoms in total. The fourth-order valence-electron chi connectivity index (χ4n) is 1.19. The Hall–Kier alpha value is -1.58. The second-order valence-corrected chi connectivity index (χ2v) is 3.65. The maximum Gasteiger partial charge on any atom is 0.272 e. The summed E-state index contributed by atoms with van der Waals surface area (Å²) in [6, 6.07) is 3.55. The van der Waals surface area contributed by atoms with Gasteiger partial charge in [-0.2, -0.15) is 0 Å². The van der Waals surface area contributed by atoms with Crippen LogP contribution in [-0.2, 0) is 0 Å². The molecule has 4 heteroatoms. The molecule has 0 aromatic carbocycles. The largest absolute Gasteiger partial charge is 0.397 e. The van der Waals surface area contributed by atoms with E-state index in [4.69, 9.17) is 5.73 Å². The summed E-state index contributed by atoms with van der Waals surface area (Å²) in [5.74, 6) is -0.0654. The number of carbonyl (C=O) groups excluding carboxylic acids is 1. The number of rotatable bonds is 3. The first-order valence-corrected chi connectivity index (χ1v) is 5.05. The van der Waals surface area contributed by atoms with Gasteiger partial charge in [-0.25, -0.2) is 4.98 Å². The number of aromatic nitrogens is 1. The third-order valence-electron chi connectivity index (χ3n) is 2.58. The average Bonchev–Trinajstić information content (AvgIpc) is 2.27. The number of carbonyl (C=O) groups is 1. The normalized spacial score (nSPS) is 12.2. The highest BCUT2D eigenvalue weighted by atomic mass is 16.2. The molecule has 1 amide bonds. The molecule has 1 aromatic rings. The predicted octanol–water partition coefficient (Wildman–Crippen LogP) is 1.53. The molecular formula is C11H17N3O. The van der Waals surface area contributed by atoms with Crippen LogP contribution in [0.2, 0.25) is 0 Å². The fourth-order valence-corrected chi connectivity index (χ4v) is 1.19. The van der Waals surface area contributed by atoms with Crippen molar-refractivity contribution in [1.82, 2.24) is 9.88 Å². The van der Waals surface area contributed by atoms with Crippen molar-refractivity contribution < 1.29 is 4.79 Å². The quantitative estimate of drug-likeness (QED) is 0.817. The number of nitrogen functional groups attached to an aromatic ring is 1. The molecule has 82 valence electrons. The molecule has 1 unspecified atom stereocenters. The molecule has 0 radical (unpaired) electrons. The van der Waals surface area contributed by atoms with Crippen molar-refractivity contribution in [2.75, 3.05) is 12.8 Å². The molecule has 0 aliphatic heterocycles. The number of nitrogens with two attached hydrogens (primary N) is 1. The first-order valence-electron chi connectivity index (χ1n) is 5.05. The fraction of sp³-hybridized carbons (Fsp3) is 0.455. The maximum atomic E-state index is 11.9. The van der Waals surface area contributed by atoms with Gasteiger partial charge in [0.25, 0.3) is 5.91 Å². The minimum Gasteiger partial charge on any atom is -0.397 e. The number of pyridine rings is 1. The lowest BCUT2D eigenvalue weighted by atomic mass is 10.2. The SMILES string of the molecule is CCC(C)N(C)C(=O)c1ccc(N)cn1. The van der Waals surface area contributed by atoms with E-state index in [9.17, 15) is 4.79 Å². The van der Waals surface area contributed by atoms with Gasteiger partial charge >= 0.3 is 0 Å². The number of hydrogen-bond donors (Lipinski definition) is 1. The van der Waals surface area contributed by atoms with Crippen molar-refractivity contribution >= 4 is 11.6 Å². The third kappa shape index (κ3) is 2.68. The Morgan fingerprint density at radius 3 is 2.73 bits per heavy atom. The molecule has 0 bridgehead atoms. The maximum absolute atomic E-state index is 11.9. The Kier molecular flexibility index (Phi) is 3.66. The number of anilines is 1. The molecule has 15 heavy (non-hydrogen) atoms. The van der Waals surface area contributed by atoms with E-state index in [1.54, 1.807) is 24.1 Å². The van der Waals surface area contributed by atoms with E-state index in [1.165, 1.54) is 6.20 Å². The van der Waals surface area contributed by atoms with Crippen molar-refractivity contribution in [2.24, 2.45) is 0 Å². The summed E-state index contributed by atoms with van der Waals surface area (Å²) in [5, 5.41) is 0. The van der Waals surface area contributed by atoms with E-state index in [1.807, 2.05) is 13.8 Å². The highest BCUT2D eigenvalue weighted by molar-refractivity contribution is 5.92. The molecule has 0 saturated heterocycles. The Bertz CT molecular complexity index is 334. The minimum absolute atomic E-state index is 0.0654. The van der Waals surface area contributed by atoms with E-state index in [0.717, 1.165) is 6.42 Å². The average molecular weight is 207 g/mol. The monoisotopic (exact) mass is 207 g/mol. The van der Waals surface area contributed by atoms with Gasteiger partial charge in [-0.05, 0) is 25.5 Å². The van der Waals surface area contributed by atoms with Crippen molar-refractivity contribution in [3.8, 4) is 0 Å². The molecule has 0 saturated carbocycles. The van der Waals surface area contributed by atoms with Gasteiger partial charge in [0.05, 0.1) is 11.9 Å². The summed E-state index contributed by atoms with van der Waals surface area (Å²) >= 11 is 0. The number of amides is 1. The summed E-state index contributed by atoms with van der Waals surface area (Å²) in [6.45, 7) is 4.06. The van der Waals surface area contributed by atoms with Crippen LogP contribution < -0.4 is 5.73 Å². The Labute approximate surface area is 90.1 Å². The number of nitrogens with zero attached hydrogens (tertiary/aromatic N) is 2. The lowest BCUT2D eigenvalue weighted by Crippen LogP contribution is -2.35. The zero-order valence-corrected chi connectivity index (χ0v) is 9.40. The van der Waals surface area contributed by atoms with Gasteiger partial charge in [0, 0.05) is 13.1 Å². The van der Waals surface area contributed by atoms with Gasteiger partial charge in [0.15, 0.2) is 0 Å². The zero-order valence-electron chi connectivity index (χ0n) is 9.40. The van der Waals surface area contributed by atoms with Gasteiger partial charge in [-0.15, -0.1) is 0 Å². The summed E-state index contributed by atoms with van der Waals surface area (Å²) in [6.07, 6.45) is 2.43. The van der Waals surface area contributed by atoms with Gasteiger partial charge in [0.1, 0.15) is 5.69 Å². The van der Waals surface area contributed by atoms with Crippen LogP contribution >= 0.6 is 0 Å². The highest BCUT2D eigenvalue weighted by Crippen LogP contribution is 2.08. The molecule has 1 rings (SSSR count). The van der Waals surface area contributed by atoms with Crippen LogP contribution in [-0.4, -0.2) is 28.9 Å². The van der Waals surface area contributed by atoms with Crippen LogP contribution in [0.15, 0.2) is 18.3 Å². The lowest BCUT2D eigenvalue weighted by Gasteiger charge is -2.23. The van der Waals surface area contributed by atoms with Crippen molar-refractivity contribution in [2.45, 2.75) is 26.3 Å². The van der Waals surface area contributed by atoms with E-state index in [2.05, 4.69) is 4.98 Å². The summed E-state index contributed by atoms with van der Waals surface area (Å²) in [5.41, 5.74) is 6.51. The van der Waals surface area contributed by atoms with Crippen LogP contribution in [0.1, 0.15) is 30.8 Å². The van der Waals surface area contributed by atoms with Crippen LogP contribution in [0.3, 0.4) is 0 Å². The second-order valence-electron chi connectivity index (χ2n) is 3.65. The van der Waals surface area contributed by atoms with E-state index < -0.39 is 0 Å². The van der Waals surface area contributed by atoms with Crippen LogP contribution in [0.5, 0.6) is 0 Å². The highest BCUT2D eigenvalue weighted by Gasteiger charge is 2.16. The first-order chi connectivity index (χ1) is 7.06. The molecular weight excluding hydrogens is 190 g/mol. The molecule has 0 aliphatic rings. The van der Waals surface area contributed by atoms with E-state index in [-0.39, 0.29) is 11.9 Å². The molecule has 0 spiro atoms. The van der Waals surface area contributed by atoms with Gasteiger partial charge < -0.3 is 10.6 Å². The topological polar surface area (TPSA) is 59.2 Å². The predicted molar refractivity (Wildman–Crippen MR) is 60.5 cm³/mol. The van der Waals surface area contributed by atoms with Gasteiger partial charge in [-0.3, -0.25) is 4.79 Å². The molecule has 2 N–H and O–H groups in total. The van der Waals surface area contributed by atoms with Crippen molar-refractivity contribution in [3.05, 3.63) is 24.0 Å². The van der Waals surface area contributed by atoms with Crippen LogP contribution in [0.25, 0.3) is 0 Å². The number of hydrogen-bond acceptors (Lipinski definition) is 3. The molecule has 0 aliphatic carbocycles. The summed E-state index contributed by atoms with van der Waals surface area (Å²) < 4.78 is 0. The minimum atomic E-state index is -0.0654. The first kappa shape index (κ1) is 11.5. The van der Waals surface area contributed by atoms with E-state index >= 15 is 0 Å². The van der Waals surface area contributed by atoms with E-state index in [0.29, 0.717) is 11.4 Å². The zero-order chi connectivity index (χ0) is 11.4. The van der Waals surface area contributed by atoms with Crippen molar-refractivity contribution in [1.29, 1.82) is 0 Å². The second kappa shape index (κ2) is 4.77. The summed E-state index contributed by atoms with van der Waals surface area (Å²) in [4.78, 5) is 17.6. The molecule has 1 aromatic heterocycles. The summed E-state index contributed by atoms with van der Waals surface area (Å²) in [7, 11) is 1.79. The smallest absolute Gasteiger partial charge is 0.272 e. The third-order valence-corrected chi connectivity index (χ3v) is 2.58. The molecule has 1 atom stereocenters. The lowest BCUT2D eigenvalue weighted by molar-refractivity contribution is 0.0734. The van der Waals surface area contributed by atoms with Gasteiger partial charge in [0.2, 0.25) is 0 Å². The molecule has 1 heterocycles. The Balaban J connectivity index is 2.80. The standard InChI is InChI=1S/C11H17N3O/c1-4-8(2)14(3)11(15)10-6-5-9(12)7-13-10/h5-8H,4,12H2,1-3H3. The van der Waals surface area contributed by atoms with Crippen LogP contribution in [0, 0.1) is 0 Å². The van der Waals surface area contributed by atoms with Crippen LogP contribution in [0.4, 0.5) is 5.69 Å². The molecule has 0 fully saturated rings. The Morgan fingerprint density at radius 2 is 2.27 bits per heavy atom. The Morgan fingerprint density at radius 1 is 1.60 bits per heavy atom.